The van der Waals surface area contributed by atoms with Crippen LogP contribution in [0.2, 0.25) is 0 Å². The molecule has 1 aliphatic rings. The van der Waals surface area contributed by atoms with E-state index < -0.39 is 6.04 Å². The lowest BCUT2D eigenvalue weighted by Crippen LogP contribution is -2.30. The first-order valence-electron chi connectivity index (χ1n) is 5.76. The van der Waals surface area contributed by atoms with Gasteiger partial charge in [-0.1, -0.05) is 19.1 Å². The van der Waals surface area contributed by atoms with Crippen LogP contribution in [0.25, 0.3) is 0 Å². The molecule has 1 atom stereocenters. The lowest BCUT2D eigenvalue weighted by molar-refractivity contribution is -0.127. The van der Waals surface area contributed by atoms with Crippen LogP contribution in [0.5, 0.6) is 0 Å². The summed E-state index contributed by atoms with van der Waals surface area (Å²) >= 11 is 0. The first kappa shape index (κ1) is 12.1. The molecule has 5 nitrogen and oxygen atoms in total. The van der Waals surface area contributed by atoms with Crippen LogP contribution in [0.3, 0.4) is 0 Å². The van der Waals surface area contributed by atoms with Gasteiger partial charge in [0.1, 0.15) is 6.04 Å². The van der Waals surface area contributed by atoms with E-state index in [0.717, 1.165) is 5.56 Å². The van der Waals surface area contributed by atoms with Gasteiger partial charge in [0.2, 0.25) is 0 Å². The van der Waals surface area contributed by atoms with Crippen molar-refractivity contribution in [2.45, 2.75) is 25.9 Å². The lowest BCUT2D eigenvalue weighted by atomic mass is 10.1. The van der Waals surface area contributed by atoms with Crippen molar-refractivity contribution in [1.82, 2.24) is 10.2 Å². The molecule has 1 N–H and O–H groups in total. The Morgan fingerprint density at radius 3 is 2.50 bits per heavy atom. The number of carbonyl (C=O) groups is 2. The SMILES string of the molecule is CCC1NC(=O)N(Cc2ccc(C#N)cc2)C1=O. The van der Waals surface area contributed by atoms with E-state index in [1.807, 2.05) is 13.0 Å². The summed E-state index contributed by atoms with van der Waals surface area (Å²) in [6.45, 7) is 2.10. The molecule has 0 bridgehead atoms. The van der Waals surface area contributed by atoms with E-state index in [1.165, 1.54) is 4.90 Å². The molecule has 0 saturated carbocycles. The molecule has 2 rings (SSSR count). The van der Waals surface area contributed by atoms with Crippen molar-refractivity contribution in [1.29, 1.82) is 5.26 Å². The highest BCUT2D eigenvalue weighted by molar-refractivity contribution is 6.04. The zero-order chi connectivity index (χ0) is 13.1. The second kappa shape index (κ2) is 4.88. The van der Waals surface area contributed by atoms with Crippen molar-refractivity contribution in [2.24, 2.45) is 0 Å². The van der Waals surface area contributed by atoms with Crippen LogP contribution in [-0.4, -0.2) is 22.9 Å². The summed E-state index contributed by atoms with van der Waals surface area (Å²) in [5.41, 5.74) is 1.39. The molecule has 1 aromatic rings. The van der Waals surface area contributed by atoms with Gasteiger partial charge < -0.3 is 5.32 Å². The van der Waals surface area contributed by atoms with Crippen LogP contribution in [0.1, 0.15) is 24.5 Å². The predicted octanol–water partition coefficient (Wildman–Crippen LogP) is 1.39. The molecule has 1 unspecified atom stereocenters. The third-order valence-corrected chi connectivity index (χ3v) is 2.94. The second-order valence-electron chi connectivity index (χ2n) is 4.14. The number of carbonyl (C=O) groups excluding carboxylic acids is 2. The number of amides is 3. The molecule has 1 aliphatic heterocycles. The summed E-state index contributed by atoms with van der Waals surface area (Å²) in [5, 5.41) is 11.3. The van der Waals surface area contributed by atoms with Gasteiger partial charge in [0, 0.05) is 0 Å². The smallest absolute Gasteiger partial charge is 0.325 e. The molecule has 1 heterocycles. The average Bonchev–Trinajstić information content (AvgIpc) is 2.67. The topological polar surface area (TPSA) is 73.2 Å². The molecule has 1 saturated heterocycles. The predicted molar refractivity (Wildman–Crippen MR) is 64.3 cm³/mol. The van der Waals surface area contributed by atoms with E-state index in [0.29, 0.717) is 12.0 Å². The van der Waals surface area contributed by atoms with Crippen LogP contribution in [0.4, 0.5) is 4.79 Å². The molecule has 0 spiro atoms. The molecule has 0 radical (unpaired) electrons. The zero-order valence-corrected chi connectivity index (χ0v) is 10.0. The second-order valence-corrected chi connectivity index (χ2v) is 4.14. The van der Waals surface area contributed by atoms with E-state index in [2.05, 4.69) is 5.32 Å². The van der Waals surface area contributed by atoms with Gasteiger partial charge in [-0.15, -0.1) is 0 Å². The largest absolute Gasteiger partial charge is 0.326 e. The molecule has 1 aromatic carbocycles. The molecule has 18 heavy (non-hydrogen) atoms. The van der Waals surface area contributed by atoms with Crippen LogP contribution < -0.4 is 5.32 Å². The number of hydrogen-bond acceptors (Lipinski definition) is 3. The summed E-state index contributed by atoms with van der Waals surface area (Å²) < 4.78 is 0. The number of rotatable bonds is 3. The van der Waals surface area contributed by atoms with E-state index in [1.54, 1.807) is 24.3 Å². The molecular formula is C13H13N3O2. The number of nitriles is 1. The number of imide groups is 1. The van der Waals surface area contributed by atoms with Crippen molar-refractivity contribution >= 4 is 11.9 Å². The van der Waals surface area contributed by atoms with Crippen LogP contribution in [-0.2, 0) is 11.3 Å². The maximum absolute atomic E-state index is 11.9. The first-order chi connectivity index (χ1) is 8.65. The van der Waals surface area contributed by atoms with Crippen LogP contribution >= 0.6 is 0 Å². The minimum Gasteiger partial charge on any atom is -0.326 e. The Morgan fingerprint density at radius 1 is 1.33 bits per heavy atom. The molecule has 1 fully saturated rings. The van der Waals surface area contributed by atoms with Gasteiger partial charge in [-0.2, -0.15) is 5.26 Å². The Bertz CT molecular complexity index is 516. The summed E-state index contributed by atoms with van der Waals surface area (Å²) in [6.07, 6.45) is 0.592. The Kier molecular flexibility index (Phi) is 3.28. The maximum Gasteiger partial charge on any atom is 0.325 e. The fourth-order valence-electron chi connectivity index (χ4n) is 1.87. The summed E-state index contributed by atoms with van der Waals surface area (Å²) in [5.74, 6) is -0.188. The number of nitrogens with one attached hydrogen (secondary N) is 1. The fourth-order valence-corrected chi connectivity index (χ4v) is 1.87. The standard InChI is InChI=1S/C13H13N3O2/c1-2-11-12(17)16(13(18)15-11)8-10-5-3-9(7-14)4-6-10/h3-6,11H,2,8H2,1H3,(H,15,18). The van der Waals surface area contributed by atoms with E-state index in [-0.39, 0.29) is 18.5 Å². The number of hydrogen-bond donors (Lipinski definition) is 1. The van der Waals surface area contributed by atoms with E-state index >= 15 is 0 Å². The highest BCUT2D eigenvalue weighted by Crippen LogP contribution is 2.14. The van der Waals surface area contributed by atoms with Gasteiger partial charge in [0.15, 0.2) is 0 Å². The van der Waals surface area contributed by atoms with Crippen LogP contribution in [0.15, 0.2) is 24.3 Å². The Hall–Kier alpha value is -2.35. The van der Waals surface area contributed by atoms with E-state index in [4.69, 9.17) is 5.26 Å². The summed E-state index contributed by atoms with van der Waals surface area (Å²) in [6, 6.07) is 8.10. The Labute approximate surface area is 105 Å². The highest BCUT2D eigenvalue weighted by atomic mass is 16.2. The minimum absolute atomic E-state index is 0.188. The van der Waals surface area contributed by atoms with Gasteiger partial charge in [-0.3, -0.25) is 9.69 Å². The Balaban J connectivity index is 2.11. The Morgan fingerprint density at radius 2 is 2.00 bits per heavy atom. The molecule has 0 aliphatic carbocycles. The lowest BCUT2D eigenvalue weighted by Gasteiger charge is -2.12. The molecule has 3 amide bonds. The quantitative estimate of drug-likeness (QED) is 0.815. The van der Waals surface area contributed by atoms with Crippen molar-refractivity contribution in [3.8, 4) is 6.07 Å². The van der Waals surface area contributed by atoms with Gasteiger partial charge in [0.05, 0.1) is 18.2 Å². The first-order valence-corrected chi connectivity index (χ1v) is 5.76. The molecular weight excluding hydrogens is 230 g/mol. The zero-order valence-electron chi connectivity index (χ0n) is 10.0. The summed E-state index contributed by atoms with van der Waals surface area (Å²) in [4.78, 5) is 24.7. The van der Waals surface area contributed by atoms with Crippen molar-refractivity contribution in [3.05, 3.63) is 35.4 Å². The van der Waals surface area contributed by atoms with Crippen molar-refractivity contribution < 1.29 is 9.59 Å². The number of nitrogens with zero attached hydrogens (tertiary/aromatic N) is 2. The van der Waals surface area contributed by atoms with E-state index in [9.17, 15) is 9.59 Å². The van der Waals surface area contributed by atoms with Gasteiger partial charge in [0.25, 0.3) is 5.91 Å². The van der Waals surface area contributed by atoms with Gasteiger partial charge >= 0.3 is 6.03 Å². The third kappa shape index (κ3) is 2.18. The molecule has 92 valence electrons. The minimum atomic E-state index is -0.407. The molecule has 0 aromatic heterocycles. The third-order valence-electron chi connectivity index (χ3n) is 2.94. The fraction of sp³-hybridized carbons (Fsp3) is 0.308. The van der Waals surface area contributed by atoms with Gasteiger partial charge in [-0.05, 0) is 24.1 Å². The number of urea groups is 1. The van der Waals surface area contributed by atoms with Gasteiger partial charge in [-0.25, -0.2) is 4.79 Å². The average molecular weight is 243 g/mol. The normalized spacial score (nSPS) is 18.7. The number of benzene rings is 1. The highest BCUT2D eigenvalue weighted by Gasteiger charge is 2.36. The van der Waals surface area contributed by atoms with Crippen molar-refractivity contribution in [3.63, 3.8) is 0 Å². The molecule has 5 heteroatoms. The monoisotopic (exact) mass is 243 g/mol. The van der Waals surface area contributed by atoms with Crippen LogP contribution in [0, 0.1) is 11.3 Å². The maximum atomic E-state index is 11.9. The summed E-state index contributed by atoms with van der Waals surface area (Å²) in [7, 11) is 0. The van der Waals surface area contributed by atoms with Crippen molar-refractivity contribution in [2.75, 3.05) is 0 Å².